The lowest BCUT2D eigenvalue weighted by Gasteiger charge is -2.27. The van der Waals surface area contributed by atoms with Gasteiger partial charge in [-0.1, -0.05) is 6.07 Å². The number of methoxy groups -OCH3 is 1. The van der Waals surface area contributed by atoms with E-state index in [-0.39, 0.29) is 23.8 Å². The summed E-state index contributed by atoms with van der Waals surface area (Å²) in [6.07, 6.45) is 1.31. The largest absolute Gasteiger partial charge is 0.497 e. The molecule has 1 aromatic carbocycles. The highest BCUT2D eigenvalue weighted by molar-refractivity contribution is 5.76. The molecule has 2 rings (SSSR count). The average Bonchev–Trinajstić information content (AvgIpc) is 2.41. The van der Waals surface area contributed by atoms with Gasteiger partial charge in [-0.05, 0) is 19.4 Å². The van der Waals surface area contributed by atoms with Gasteiger partial charge in [0.15, 0.2) is 0 Å². The predicted octanol–water partition coefficient (Wildman–Crippen LogP) is 1.76. The smallest absolute Gasteiger partial charge is 0.220 e. The van der Waals surface area contributed by atoms with Gasteiger partial charge in [-0.15, -0.1) is 0 Å². The molecule has 1 heterocycles. The highest BCUT2D eigenvalue weighted by Gasteiger charge is 2.21. The highest BCUT2D eigenvalue weighted by atomic mass is 19.1. The Morgan fingerprint density at radius 2 is 2.32 bits per heavy atom. The molecule has 4 nitrogen and oxygen atoms in total. The molecule has 1 saturated heterocycles. The maximum absolute atomic E-state index is 13.9. The van der Waals surface area contributed by atoms with E-state index in [9.17, 15) is 9.18 Å². The lowest BCUT2D eigenvalue weighted by Crippen LogP contribution is -2.46. The predicted molar refractivity (Wildman–Crippen MR) is 70.5 cm³/mol. The minimum atomic E-state index is -0.279. The van der Waals surface area contributed by atoms with Crippen LogP contribution in [0.3, 0.4) is 0 Å². The van der Waals surface area contributed by atoms with Gasteiger partial charge in [0, 0.05) is 36.7 Å². The monoisotopic (exact) mass is 266 g/mol. The quantitative estimate of drug-likeness (QED) is 0.873. The van der Waals surface area contributed by atoms with Crippen molar-refractivity contribution in [2.24, 2.45) is 0 Å². The van der Waals surface area contributed by atoms with E-state index in [1.807, 2.05) is 6.92 Å². The number of halogens is 1. The number of nitrogens with one attached hydrogen (secondary N) is 2. The van der Waals surface area contributed by atoms with E-state index in [1.165, 1.54) is 13.2 Å². The van der Waals surface area contributed by atoms with Crippen molar-refractivity contribution in [2.45, 2.75) is 31.8 Å². The van der Waals surface area contributed by atoms with Crippen LogP contribution in [0.15, 0.2) is 18.2 Å². The second kappa shape index (κ2) is 6.02. The fourth-order valence-electron chi connectivity index (χ4n) is 2.30. The van der Waals surface area contributed by atoms with Crippen molar-refractivity contribution in [2.75, 3.05) is 13.7 Å². The van der Waals surface area contributed by atoms with Crippen LogP contribution < -0.4 is 15.4 Å². The molecule has 1 amide bonds. The normalized spacial score (nSPS) is 20.8. The lowest BCUT2D eigenvalue weighted by molar-refractivity contribution is -0.122. The zero-order chi connectivity index (χ0) is 13.8. The molecule has 104 valence electrons. The number of benzene rings is 1. The molecule has 2 unspecified atom stereocenters. The first kappa shape index (κ1) is 13.8. The summed E-state index contributed by atoms with van der Waals surface area (Å²) < 4.78 is 18.9. The van der Waals surface area contributed by atoms with E-state index in [4.69, 9.17) is 4.74 Å². The maximum atomic E-state index is 13.9. The number of hydrogen-bond acceptors (Lipinski definition) is 3. The topological polar surface area (TPSA) is 50.4 Å². The standard InChI is InChI=1S/C14H19FN2O2/c1-9(17-10-3-6-14(18)16-8-10)12-5-4-11(19-2)7-13(12)15/h4-5,7,9-10,17H,3,6,8H2,1-2H3,(H,16,18). The van der Waals surface area contributed by atoms with Crippen LogP contribution in [0.4, 0.5) is 4.39 Å². The molecule has 2 atom stereocenters. The summed E-state index contributed by atoms with van der Waals surface area (Å²) in [7, 11) is 1.51. The zero-order valence-corrected chi connectivity index (χ0v) is 11.2. The van der Waals surface area contributed by atoms with Crippen molar-refractivity contribution in [1.29, 1.82) is 0 Å². The maximum Gasteiger partial charge on any atom is 0.220 e. The molecular formula is C14H19FN2O2. The van der Waals surface area contributed by atoms with Crippen molar-refractivity contribution in [3.8, 4) is 5.75 Å². The molecular weight excluding hydrogens is 247 g/mol. The van der Waals surface area contributed by atoms with E-state index >= 15 is 0 Å². The van der Waals surface area contributed by atoms with Gasteiger partial charge in [0.2, 0.25) is 5.91 Å². The van der Waals surface area contributed by atoms with Crippen LogP contribution in [-0.4, -0.2) is 25.6 Å². The second-order valence-corrected chi connectivity index (χ2v) is 4.82. The van der Waals surface area contributed by atoms with Gasteiger partial charge >= 0.3 is 0 Å². The van der Waals surface area contributed by atoms with Gasteiger partial charge in [-0.3, -0.25) is 4.79 Å². The van der Waals surface area contributed by atoms with E-state index in [0.717, 1.165) is 6.42 Å². The summed E-state index contributed by atoms with van der Waals surface area (Å²) in [5.41, 5.74) is 0.609. The minimum Gasteiger partial charge on any atom is -0.497 e. The third-order valence-electron chi connectivity index (χ3n) is 3.43. The van der Waals surface area contributed by atoms with Crippen molar-refractivity contribution in [3.63, 3.8) is 0 Å². The molecule has 5 heteroatoms. The first-order chi connectivity index (χ1) is 9.10. The van der Waals surface area contributed by atoms with Crippen LogP contribution >= 0.6 is 0 Å². The van der Waals surface area contributed by atoms with Gasteiger partial charge < -0.3 is 15.4 Å². The Hall–Kier alpha value is -1.62. The Kier molecular flexibility index (Phi) is 4.37. The van der Waals surface area contributed by atoms with Crippen molar-refractivity contribution >= 4 is 5.91 Å². The Balaban J connectivity index is 1.99. The van der Waals surface area contributed by atoms with Crippen LogP contribution in [0, 0.1) is 5.82 Å². The Morgan fingerprint density at radius 3 is 2.89 bits per heavy atom. The third kappa shape index (κ3) is 3.44. The average molecular weight is 266 g/mol. The van der Waals surface area contributed by atoms with Gasteiger partial charge in [0.25, 0.3) is 0 Å². The summed E-state index contributed by atoms with van der Waals surface area (Å²) in [5.74, 6) is 0.318. The van der Waals surface area contributed by atoms with Gasteiger partial charge in [0.05, 0.1) is 7.11 Å². The molecule has 1 fully saturated rings. The summed E-state index contributed by atoms with van der Waals surface area (Å²) in [4.78, 5) is 11.1. The van der Waals surface area contributed by atoms with Gasteiger partial charge in [-0.25, -0.2) is 4.39 Å². The number of amides is 1. The van der Waals surface area contributed by atoms with Crippen molar-refractivity contribution in [1.82, 2.24) is 10.6 Å². The number of piperidine rings is 1. The molecule has 0 aliphatic carbocycles. The van der Waals surface area contributed by atoms with Crippen LogP contribution in [0.1, 0.15) is 31.4 Å². The zero-order valence-electron chi connectivity index (χ0n) is 11.2. The first-order valence-corrected chi connectivity index (χ1v) is 6.46. The molecule has 0 radical (unpaired) electrons. The molecule has 1 aromatic rings. The van der Waals surface area contributed by atoms with Crippen LogP contribution in [0.5, 0.6) is 5.75 Å². The van der Waals surface area contributed by atoms with Crippen LogP contribution in [0.25, 0.3) is 0 Å². The molecule has 1 aliphatic rings. The van der Waals surface area contributed by atoms with E-state index < -0.39 is 0 Å². The minimum absolute atomic E-state index is 0.0846. The van der Waals surface area contributed by atoms with Crippen molar-refractivity contribution in [3.05, 3.63) is 29.6 Å². The number of carbonyl (C=O) groups is 1. The summed E-state index contributed by atoms with van der Waals surface area (Å²) in [6, 6.07) is 4.95. The van der Waals surface area contributed by atoms with Gasteiger partial charge in [-0.2, -0.15) is 0 Å². The number of carbonyl (C=O) groups excluding carboxylic acids is 1. The summed E-state index contributed by atoms with van der Waals surface area (Å²) in [6.45, 7) is 2.52. The Labute approximate surface area is 112 Å². The van der Waals surface area contributed by atoms with Crippen molar-refractivity contribution < 1.29 is 13.9 Å². The van der Waals surface area contributed by atoms with Crippen LogP contribution in [-0.2, 0) is 4.79 Å². The van der Waals surface area contributed by atoms with E-state index in [2.05, 4.69) is 10.6 Å². The molecule has 0 aromatic heterocycles. The Bertz CT molecular complexity index is 455. The third-order valence-corrected chi connectivity index (χ3v) is 3.43. The second-order valence-electron chi connectivity index (χ2n) is 4.82. The molecule has 0 saturated carbocycles. The number of hydrogen-bond donors (Lipinski definition) is 2. The van der Waals surface area contributed by atoms with E-state index in [1.54, 1.807) is 12.1 Å². The SMILES string of the molecule is COc1ccc(C(C)NC2CCC(=O)NC2)c(F)c1. The molecule has 0 spiro atoms. The fraction of sp³-hybridized carbons (Fsp3) is 0.500. The molecule has 19 heavy (non-hydrogen) atoms. The molecule has 0 bridgehead atoms. The first-order valence-electron chi connectivity index (χ1n) is 6.46. The molecule has 1 aliphatic heterocycles. The molecule has 2 N–H and O–H groups in total. The summed E-state index contributed by atoms with van der Waals surface area (Å²) >= 11 is 0. The highest BCUT2D eigenvalue weighted by Crippen LogP contribution is 2.22. The van der Waals surface area contributed by atoms with E-state index in [0.29, 0.717) is 24.3 Å². The number of rotatable bonds is 4. The lowest BCUT2D eigenvalue weighted by atomic mass is 10.0. The number of ether oxygens (including phenoxy) is 1. The summed E-state index contributed by atoms with van der Waals surface area (Å²) in [5, 5.41) is 6.15. The fourth-order valence-corrected chi connectivity index (χ4v) is 2.30. The Morgan fingerprint density at radius 1 is 1.53 bits per heavy atom. The van der Waals surface area contributed by atoms with Crippen LogP contribution in [0.2, 0.25) is 0 Å². The van der Waals surface area contributed by atoms with Gasteiger partial charge in [0.1, 0.15) is 11.6 Å².